The van der Waals surface area contributed by atoms with Crippen LogP contribution in [-0.4, -0.2) is 6.04 Å². The van der Waals surface area contributed by atoms with Crippen LogP contribution in [0.5, 0.6) is 0 Å². The molecular formula is C18H27NO. The predicted octanol–water partition coefficient (Wildman–Crippen LogP) is 4.25. The van der Waals surface area contributed by atoms with Crippen LogP contribution in [0.2, 0.25) is 0 Å². The second kappa shape index (κ2) is 4.62. The molecular weight excluding hydrogens is 246 g/mol. The molecule has 20 heavy (non-hydrogen) atoms. The summed E-state index contributed by atoms with van der Waals surface area (Å²) in [5, 5.41) is 3.46. The largest absolute Gasteiger partial charge is 0.464 e. The zero-order valence-corrected chi connectivity index (χ0v) is 12.8. The van der Waals surface area contributed by atoms with Crippen LogP contribution in [0, 0.1) is 17.8 Å². The monoisotopic (exact) mass is 273 g/mol. The van der Waals surface area contributed by atoms with Gasteiger partial charge in [-0.2, -0.15) is 0 Å². The molecule has 4 aliphatic rings. The van der Waals surface area contributed by atoms with E-state index in [0.717, 1.165) is 30.1 Å². The molecule has 4 saturated carbocycles. The number of hydrogen-bond donors (Lipinski definition) is 1. The Morgan fingerprint density at radius 1 is 1.10 bits per heavy atom. The smallest absolute Gasteiger partial charge is 0.117 e. The summed E-state index contributed by atoms with van der Waals surface area (Å²) in [6.45, 7) is 5.23. The van der Waals surface area contributed by atoms with Crippen molar-refractivity contribution in [1.29, 1.82) is 0 Å². The number of furan rings is 1. The molecule has 1 N–H and O–H groups in total. The zero-order chi connectivity index (χ0) is 13.7. The Hall–Kier alpha value is -0.760. The Morgan fingerprint density at radius 3 is 2.25 bits per heavy atom. The molecule has 4 bridgehead atoms. The maximum atomic E-state index is 6.26. The molecule has 0 saturated heterocycles. The third kappa shape index (κ3) is 2.13. The van der Waals surface area contributed by atoms with Crippen molar-refractivity contribution in [3.05, 3.63) is 23.7 Å². The summed E-state index contributed by atoms with van der Waals surface area (Å²) in [6, 6.07) is 5.00. The minimum absolute atomic E-state index is 0.408. The van der Waals surface area contributed by atoms with Gasteiger partial charge in [-0.1, -0.05) is 13.8 Å². The second-order valence-corrected chi connectivity index (χ2v) is 8.00. The molecule has 4 fully saturated rings. The number of nitrogens with one attached hydrogen (secondary N) is 1. The van der Waals surface area contributed by atoms with Crippen molar-refractivity contribution in [2.75, 3.05) is 0 Å². The first-order valence-electron chi connectivity index (χ1n) is 8.45. The van der Waals surface area contributed by atoms with Crippen LogP contribution in [0.1, 0.15) is 63.9 Å². The Morgan fingerprint density at radius 2 is 1.70 bits per heavy atom. The van der Waals surface area contributed by atoms with Crippen molar-refractivity contribution in [1.82, 2.24) is 5.32 Å². The van der Waals surface area contributed by atoms with E-state index in [-0.39, 0.29) is 0 Å². The van der Waals surface area contributed by atoms with Gasteiger partial charge in [-0.25, -0.2) is 0 Å². The molecule has 0 unspecified atom stereocenters. The summed E-state index contributed by atoms with van der Waals surface area (Å²) in [6.07, 6.45) is 8.68. The van der Waals surface area contributed by atoms with E-state index in [0.29, 0.717) is 11.5 Å². The summed E-state index contributed by atoms with van der Waals surface area (Å²) >= 11 is 0. The summed E-state index contributed by atoms with van der Waals surface area (Å²) in [5.41, 5.74) is 0.408. The lowest BCUT2D eigenvalue weighted by Gasteiger charge is -2.55. The molecule has 0 atom stereocenters. The van der Waals surface area contributed by atoms with Crippen molar-refractivity contribution >= 4 is 0 Å². The fourth-order valence-corrected chi connectivity index (χ4v) is 5.48. The Kier molecular flexibility index (Phi) is 2.99. The molecule has 4 aliphatic carbocycles. The van der Waals surface area contributed by atoms with E-state index in [1.54, 1.807) is 0 Å². The molecule has 110 valence electrons. The SMILES string of the molecule is CC(C)NCc1ccc(C23CC4CC(CC(C4)C2)C3)o1. The van der Waals surface area contributed by atoms with Gasteiger partial charge < -0.3 is 9.73 Å². The molecule has 0 aromatic carbocycles. The molecule has 2 heteroatoms. The van der Waals surface area contributed by atoms with Crippen LogP contribution < -0.4 is 5.32 Å². The molecule has 0 aliphatic heterocycles. The summed E-state index contributed by atoms with van der Waals surface area (Å²) < 4.78 is 6.26. The van der Waals surface area contributed by atoms with E-state index >= 15 is 0 Å². The topological polar surface area (TPSA) is 25.2 Å². The molecule has 0 amide bonds. The molecule has 1 heterocycles. The van der Waals surface area contributed by atoms with Crippen LogP contribution in [0.25, 0.3) is 0 Å². The first-order valence-corrected chi connectivity index (χ1v) is 8.45. The highest BCUT2D eigenvalue weighted by molar-refractivity contribution is 5.22. The molecule has 5 rings (SSSR count). The van der Waals surface area contributed by atoms with Crippen molar-refractivity contribution in [2.24, 2.45) is 17.8 Å². The van der Waals surface area contributed by atoms with E-state index in [9.17, 15) is 0 Å². The van der Waals surface area contributed by atoms with Gasteiger partial charge in [0.25, 0.3) is 0 Å². The third-order valence-corrected chi connectivity index (χ3v) is 5.91. The molecule has 0 radical (unpaired) electrons. The summed E-state index contributed by atoms with van der Waals surface area (Å²) in [5.74, 6) is 5.39. The van der Waals surface area contributed by atoms with Gasteiger partial charge in [0.2, 0.25) is 0 Å². The predicted molar refractivity (Wildman–Crippen MR) is 80.5 cm³/mol. The minimum atomic E-state index is 0.408. The van der Waals surface area contributed by atoms with Crippen molar-refractivity contribution in [2.45, 2.75) is 70.4 Å². The van der Waals surface area contributed by atoms with Gasteiger partial charge in [0.05, 0.1) is 6.54 Å². The highest BCUT2D eigenvalue weighted by Gasteiger charge is 2.53. The summed E-state index contributed by atoms with van der Waals surface area (Å²) in [7, 11) is 0. The normalized spacial score (nSPS) is 38.9. The molecule has 2 nitrogen and oxygen atoms in total. The fraction of sp³-hybridized carbons (Fsp3) is 0.778. The van der Waals surface area contributed by atoms with E-state index in [1.165, 1.54) is 44.3 Å². The Balaban J connectivity index is 1.55. The first kappa shape index (κ1) is 12.9. The molecule has 0 spiro atoms. The second-order valence-electron chi connectivity index (χ2n) is 8.00. The van der Waals surface area contributed by atoms with E-state index in [2.05, 4.69) is 31.3 Å². The van der Waals surface area contributed by atoms with Crippen LogP contribution in [-0.2, 0) is 12.0 Å². The maximum Gasteiger partial charge on any atom is 0.117 e. The highest BCUT2D eigenvalue weighted by Crippen LogP contribution is 2.60. The quantitative estimate of drug-likeness (QED) is 0.887. The van der Waals surface area contributed by atoms with E-state index < -0.39 is 0 Å². The Bertz CT molecular complexity index is 452. The first-order chi connectivity index (χ1) is 9.63. The molecule has 1 aromatic rings. The van der Waals surface area contributed by atoms with Gasteiger partial charge in [-0.3, -0.25) is 0 Å². The Labute approximate surface area is 122 Å². The lowest BCUT2D eigenvalue weighted by molar-refractivity contribution is -0.0156. The maximum absolute atomic E-state index is 6.26. The van der Waals surface area contributed by atoms with Crippen LogP contribution in [0.4, 0.5) is 0 Å². The average molecular weight is 273 g/mol. The van der Waals surface area contributed by atoms with Gasteiger partial charge in [-0.05, 0) is 68.4 Å². The number of rotatable bonds is 4. The van der Waals surface area contributed by atoms with Gasteiger partial charge >= 0.3 is 0 Å². The highest BCUT2D eigenvalue weighted by atomic mass is 16.3. The average Bonchev–Trinajstić information content (AvgIpc) is 2.84. The van der Waals surface area contributed by atoms with Crippen LogP contribution in [0.3, 0.4) is 0 Å². The van der Waals surface area contributed by atoms with Crippen LogP contribution >= 0.6 is 0 Å². The van der Waals surface area contributed by atoms with E-state index in [1.807, 2.05) is 0 Å². The third-order valence-electron chi connectivity index (χ3n) is 5.91. The molecule has 1 aromatic heterocycles. The van der Waals surface area contributed by atoms with Crippen molar-refractivity contribution < 1.29 is 4.42 Å². The van der Waals surface area contributed by atoms with Gasteiger partial charge in [0, 0.05) is 11.5 Å². The minimum Gasteiger partial charge on any atom is -0.464 e. The summed E-state index contributed by atoms with van der Waals surface area (Å²) in [4.78, 5) is 0. The lowest BCUT2D eigenvalue weighted by atomic mass is 9.49. The van der Waals surface area contributed by atoms with E-state index in [4.69, 9.17) is 4.42 Å². The van der Waals surface area contributed by atoms with Crippen LogP contribution in [0.15, 0.2) is 16.5 Å². The lowest BCUT2D eigenvalue weighted by Crippen LogP contribution is -2.48. The van der Waals surface area contributed by atoms with Gasteiger partial charge in [-0.15, -0.1) is 0 Å². The fourth-order valence-electron chi connectivity index (χ4n) is 5.48. The van der Waals surface area contributed by atoms with Crippen molar-refractivity contribution in [3.63, 3.8) is 0 Å². The zero-order valence-electron chi connectivity index (χ0n) is 12.8. The standard InChI is InChI=1S/C18H27NO/c1-12(2)19-11-16-3-4-17(20-16)18-8-13-5-14(9-18)7-15(6-13)10-18/h3-4,12-15,19H,5-11H2,1-2H3. The van der Waals surface area contributed by atoms with Crippen molar-refractivity contribution in [3.8, 4) is 0 Å². The van der Waals surface area contributed by atoms with Gasteiger partial charge in [0.1, 0.15) is 11.5 Å². The number of hydrogen-bond acceptors (Lipinski definition) is 2. The van der Waals surface area contributed by atoms with Gasteiger partial charge in [0.15, 0.2) is 0 Å².